The molecule has 1 aromatic carbocycles. The maximum atomic E-state index is 12.3. The molecule has 0 spiro atoms. The Bertz CT molecular complexity index is 716. The molecule has 0 saturated carbocycles. The molecule has 7 heteroatoms. The van der Waals surface area contributed by atoms with Crippen LogP contribution >= 0.6 is 11.3 Å². The quantitative estimate of drug-likeness (QED) is 0.818. The Morgan fingerprint density at radius 3 is 2.58 bits per heavy atom. The number of ether oxygens (including phenoxy) is 2. The molecule has 24 heavy (non-hydrogen) atoms. The van der Waals surface area contributed by atoms with E-state index in [1.807, 2.05) is 19.9 Å². The summed E-state index contributed by atoms with van der Waals surface area (Å²) in [6.07, 6.45) is 0.555. The van der Waals surface area contributed by atoms with Gasteiger partial charge in [-0.3, -0.25) is 4.79 Å². The molecule has 0 unspecified atom stereocenters. The van der Waals surface area contributed by atoms with Crippen molar-refractivity contribution in [3.8, 4) is 11.5 Å². The van der Waals surface area contributed by atoms with Crippen molar-refractivity contribution in [2.24, 2.45) is 0 Å². The molecule has 4 nitrogen and oxygen atoms in total. The highest BCUT2D eigenvalue weighted by atomic mass is 32.1. The zero-order chi connectivity index (χ0) is 17.7. The van der Waals surface area contributed by atoms with E-state index in [4.69, 9.17) is 4.74 Å². The number of carbonyl (C=O) groups excluding carboxylic acids is 1. The fraction of sp³-hybridized carbons (Fsp3) is 0.353. The fourth-order valence-corrected chi connectivity index (χ4v) is 3.25. The summed E-state index contributed by atoms with van der Waals surface area (Å²) in [5.41, 5.74) is 1.54. The van der Waals surface area contributed by atoms with Crippen molar-refractivity contribution in [2.75, 3.05) is 13.7 Å². The Morgan fingerprint density at radius 1 is 1.25 bits per heavy atom. The van der Waals surface area contributed by atoms with Crippen LogP contribution in [0.25, 0.3) is 0 Å². The average molecular weight is 355 g/mol. The topological polar surface area (TPSA) is 47.6 Å². The lowest BCUT2D eigenvalue weighted by molar-refractivity contribution is -0.0512. The van der Waals surface area contributed by atoms with Crippen LogP contribution < -0.4 is 14.8 Å². The Morgan fingerprint density at radius 2 is 2.00 bits per heavy atom. The number of thiophene rings is 1. The second kappa shape index (κ2) is 8.10. The van der Waals surface area contributed by atoms with E-state index in [9.17, 15) is 13.6 Å². The van der Waals surface area contributed by atoms with Crippen LogP contribution in [0.3, 0.4) is 0 Å². The first kappa shape index (κ1) is 18.2. The number of rotatable bonds is 7. The van der Waals surface area contributed by atoms with Crippen LogP contribution in [0.1, 0.15) is 25.7 Å². The molecule has 1 heterocycles. The first-order chi connectivity index (χ1) is 11.4. The minimum absolute atomic E-state index is 0.00958. The molecular weight excluding hydrogens is 336 g/mol. The van der Waals surface area contributed by atoms with E-state index in [0.29, 0.717) is 18.5 Å². The highest BCUT2D eigenvalue weighted by Gasteiger charge is 2.13. The number of hydrogen-bond acceptors (Lipinski definition) is 4. The standard InChI is InChI=1S/C17H19F2NO3S/c1-10-8-13(11(2)24-10)16(21)20-7-6-12-4-5-14(23-17(18)19)15(9-12)22-3/h4-5,8-9,17H,6-7H2,1-3H3,(H,20,21). The molecule has 130 valence electrons. The molecule has 0 radical (unpaired) electrons. The highest BCUT2D eigenvalue weighted by Crippen LogP contribution is 2.29. The van der Waals surface area contributed by atoms with Gasteiger partial charge in [0.15, 0.2) is 11.5 Å². The van der Waals surface area contributed by atoms with Crippen LogP contribution in [0, 0.1) is 13.8 Å². The van der Waals surface area contributed by atoms with Crippen molar-refractivity contribution in [3.63, 3.8) is 0 Å². The number of nitrogens with one attached hydrogen (secondary N) is 1. The number of halogens is 2. The molecule has 1 aromatic heterocycles. The van der Waals surface area contributed by atoms with Crippen LogP contribution in [0.15, 0.2) is 24.3 Å². The third kappa shape index (κ3) is 4.67. The zero-order valence-corrected chi connectivity index (χ0v) is 14.5. The SMILES string of the molecule is COc1cc(CCNC(=O)c2cc(C)sc2C)ccc1OC(F)F. The number of alkyl halides is 2. The molecule has 1 N–H and O–H groups in total. The van der Waals surface area contributed by atoms with E-state index in [0.717, 1.165) is 15.3 Å². The number of aryl methyl sites for hydroxylation is 2. The average Bonchev–Trinajstić information content (AvgIpc) is 2.86. The lowest BCUT2D eigenvalue weighted by atomic mass is 10.1. The third-order valence-corrected chi connectivity index (χ3v) is 4.39. The van der Waals surface area contributed by atoms with Gasteiger partial charge in [0.1, 0.15) is 0 Å². The van der Waals surface area contributed by atoms with Gasteiger partial charge in [-0.15, -0.1) is 11.3 Å². The normalized spacial score (nSPS) is 10.8. The summed E-state index contributed by atoms with van der Waals surface area (Å²) < 4.78 is 34.0. The fourth-order valence-electron chi connectivity index (χ4n) is 2.33. The van der Waals surface area contributed by atoms with Gasteiger partial charge in [-0.2, -0.15) is 8.78 Å². The lowest BCUT2D eigenvalue weighted by Crippen LogP contribution is -2.25. The van der Waals surface area contributed by atoms with E-state index in [1.165, 1.54) is 13.2 Å². The monoisotopic (exact) mass is 355 g/mol. The van der Waals surface area contributed by atoms with E-state index < -0.39 is 6.61 Å². The number of benzene rings is 1. The Labute approximate surface area is 143 Å². The van der Waals surface area contributed by atoms with Gasteiger partial charge in [0.25, 0.3) is 5.91 Å². The van der Waals surface area contributed by atoms with Gasteiger partial charge in [-0.25, -0.2) is 0 Å². The lowest BCUT2D eigenvalue weighted by Gasteiger charge is -2.11. The first-order valence-corrected chi connectivity index (χ1v) is 8.19. The van der Waals surface area contributed by atoms with E-state index in [-0.39, 0.29) is 17.4 Å². The highest BCUT2D eigenvalue weighted by molar-refractivity contribution is 7.12. The van der Waals surface area contributed by atoms with Crippen LogP contribution in [0.5, 0.6) is 11.5 Å². The summed E-state index contributed by atoms with van der Waals surface area (Å²) in [4.78, 5) is 14.2. The molecule has 2 rings (SSSR count). The molecular formula is C17H19F2NO3S. The van der Waals surface area contributed by atoms with Crippen LogP contribution in [0.4, 0.5) is 8.78 Å². The predicted molar refractivity (Wildman–Crippen MR) is 89.5 cm³/mol. The van der Waals surface area contributed by atoms with Gasteiger partial charge in [0.05, 0.1) is 12.7 Å². The predicted octanol–water partition coefficient (Wildman–Crippen LogP) is 3.95. The second-order valence-electron chi connectivity index (χ2n) is 5.20. The maximum Gasteiger partial charge on any atom is 0.387 e. The molecule has 0 bridgehead atoms. The summed E-state index contributed by atoms with van der Waals surface area (Å²) in [7, 11) is 1.39. The van der Waals surface area contributed by atoms with Crippen molar-refractivity contribution >= 4 is 17.2 Å². The smallest absolute Gasteiger partial charge is 0.387 e. The molecule has 0 fully saturated rings. The molecule has 0 saturated heterocycles. The third-order valence-electron chi connectivity index (χ3n) is 3.43. The summed E-state index contributed by atoms with van der Waals surface area (Å²) in [5.74, 6) is 0.120. The molecule has 1 amide bonds. The van der Waals surface area contributed by atoms with E-state index in [2.05, 4.69) is 10.1 Å². The van der Waals surface area contributed by atoms with Gasteiger partial charge in [0, 0.05) is 16.3 Å². The minimum Gasteiger partial charge on any atom is -0.493 e. The van der Waals surface area contributed by atoms with Crippen LogP contribution in [-0.4, -0.2) is 26.2 Å². The summed E-state index contributed by atoms with van der Waals surface area (Å²) >= 11 is 1.59. The zero-order valence-electron chi connectivity index (χ0n) is 13.7. The van der Waals surface area contributed by atoms with Gasteiger partial charge < -0.3 is 14.8 Å². The van der Waals surface area contributed by atoms with Crippen molar-refractivity contribution in [3.05, 3.63) is 45.1 Å². The number of hydrogen-bond donors (Lipinski definition) is 1. The Hall–Kier alpha value is -2.15. The number of amides is 1. The summed E-state index contributed by atoms with van der Waals surface area (Å²) in [6.45, 7) is 1.41. The molecule has 0 aliphatic rings. The van der Waals surface area contributed by atoms with Crippen molar-refractivity contribution in [1.82, 2.24) is 5.32 Å². The second-order valence-corrected chi connectivity index (χ2v) is 6.66. The van der Waals surface area contributed by atoms with E-state index in [1.54, 1.807) is 23.5 Å². The van der Waals surface area contributed by atoms with Crippen LogP contribution in [0.2, 0.25) is 0 Å². The summed E-state index contributed by atoms with van der Waals surface area (Å²) in [6, 6.07) is 6.61. The maximum absolute atomic E-state index is 12.3. The number of methoxy groups -OCH3 is 1. The molecule has 0 aliphatic heterocycles. The molecule has 0 atom stereocenters. The molecule has 0 aliphatic carbocycles. The number of carbonyl (C=O) groups is 1. The summed E-state index contributed by atoms with van der Waals surface area (Å²) in [5, 5.41) is 2.86. The van der Waals surface area contributed by atoms with Crippen molar-refractivity contribution in [1.29, 1.82) is 0 Å². The largest absolute Gasteiger partial charge is 0.493 e. The van der Waals surface area contributed by atoms with Crippen LogP contribution in [-0.2, 0) is 6.42 Å². The molecule has 2 aromatic rings. The Kier molecular flexibility index (Phi) is 6.14. The van der Waals surface area contributed by atoms with Gasteiger partial charge >= 0.3 is 6.61 Å². The van der Waals surface area contributed by atoms with Gasteiger partial charge in [-0.05, 0) is 44.0 Å². The van der Waals surface area contributed by atoms with Gasteiger partial charge in [-0.1, -0.05) is 6.07 Å². The minimum atomic E-state index is -2.90. The first-order valence-electron chi connectivity index (χ1n) is 7.37. The van der Waals surface area contributed by atoms with Gasteiger partial charge in [0.2, 0.25) is 0 Å². The van der Waals surface area contributed by atoms with E-state index >= 15 is 0 Å². The van der Waals surface area contributed by atoms with Crippen molar-refractivity contribution < 1.29 is 23.0 Å². The Balaban J connectivity index is 1.94. The van der Waals surface area contributed by atoms with Crippen molar-refractivity contribution in [2.45, 2.75) is 26.9 Å².